The zero-order chi connectivity index (χ0) is 11.6. The molecule has 0 saturated heterocycles. The van der Waals surface area contributed by atoms with Gasteiger partial charge < -0.3 is 10.5 Å². The third kappa shape index (κ3) is 2.38. The zero-order valence-electron chi connectivity index (χ0n) is 10.2. The summed E-state index contributed by atoms with van der Waals surface area (Å²) in [6, 6.07) is 8.31. The number of fused-ring (bicyclic) bond motifs is 1. The van der Waals surface area contributed by atoms with Gasteiger partial charge in [0.25, 0.3) is 0 Å². The van der Waals surface area contributed by atoms with Crippen LogP contribution in [0.1, 0.15) is 44.6 Å². The first-order valence-electron chi connectivity index (χ1n) is 6.13. The molecule has 0 aromatic heterocycles. The smallest absolute Gasteiger partial charge is 0.122 e. The summed E-state index contributed by atoms with van der Waals surface area (Å²) in [4.78, 5) is 0. The van der Waals surface area contributed by atoms with Crippen LogP contribution in [0.2, 0.25) is 0 Å². The highest BCUT2D eigenvalue weighted by Gasteiger charge is 2.29. The van der Waals surface area contributed by atoms with Crippen LogP contribution in [0.3, 0.4) is 0 Å². The Hall–Kier alpha value is -1.02. The van der Waals surface area contributed by atoms with E-state index in [0.29, 0.717) is 5.92 Å². The van der Waals surface area contributed by atoms with E-state index in [0.717, 1.165) is 31.6 Å². The highest BCUT2D eigenvalue weighted by Crippen LogP contribution is 2.38. The number of hydrogen-bond donors (Lipinski definition) is 1. The minimum atomic E-state index is -0.0692. The molecule has 0 aliphatic carbocycles. The van der Waals surface area contributed by atoms with Crippen LogP contribution in [-0.4, -0.2) is 12.1 Å². The number of benzene rings is 1. The van der Waals surface area contributed by atoms with E-state index in [-0.39, 0.29) is 5.54 Å². The fourth-order valence-electron chi connectivity index (χ4n) is 2.63. The maximum Gasteiger partial charge on any atom is 0.122 e. The minimum absolute atomic E-state index is 0.0692. The predicted molar refractivity (Wildman–Crippen MR) is 66.8 cm³/mol. The number of ether oxygens (including phenoxy) is 1. The molecule has 2 unspecified atom stereocenters. The van der Waals surface area contributed by atoms with Gasteiger partial charge in [-0.25, -0.2) is 0 Å². The van der Waals surface area contributed by atoms with Crippen molar-refractivity contribution in [3.8, 4) is 5.75 Å². The normalized spacial score (nSPS) is 22.3. The fraction of sp³-hybridized carbons (Fsp3) is 0.571. The van der Waals surface area contributed by atoms with E-state index in [1.54, 1.807) is 0 Å². The molecular formula is C14H21NO. The third-order valence-electron chi connectivity index (χ3n) is 3.33. The van der Waals surface area contributed by atoms with Gasteiger partial charge in [-0.2, -0.15) is 0 Å². The van der Waals surface area contributed by atoms with Gasteiger partial charge in [0.2, 0.25) is 0 Å². The summed E-state index contributed by atoms with van der Waals surface area (Å²) < 4.78 is 5.68. The molecule has 1 aromatic rings. The first-order valence-corrected chi connectivity index (χ1v) is 6.13. The highest BCUT2D eigenvalue weighted by molar-refractivity contribution is 5.39. The number of nitrogens with two attached hydrogens (primary N) is 1. The molecule has 0 spiro atoms. The SMILES string of the molecule is CCCC(C)(N)CC1COc2ccccc21. The lowest BCUT2D eigenvalue weighted by Crippen LogP contribution is -2.37. The molecule has 0 bridgehead atoms. The maximum absolute atomic E-state index is 6.31. The molecule has 88 valence electrons. The first-order chi connectivity index (χ1) is 7.62. The van der Waals surface area contributed by atoms with E-state index in [1.807, 2.05) is 12.1 Å². The van der Waals surface area contributed by atoms with Crippen LogP contribution < -0.4 is 10.5 Å². The second-order valence-electron chi connectivity index (χ2n) is 5.15. The van der Waals surface area contributed by atoms with Crippen molar-refractivity contribution >= 4 is 0 Å². The molecule has 2 rings (SSSR count). The number of rotatable bonds is 4. The minimum Gasteiger partial charge on any atom is -0.493 e. The van der Waals surface area contributed by atoms with Crippen molar-refractivity contribution in [1.82, 2.24) is 0 Å². The van der Waals surface area contributed by atoms with Crippen LogP contribution in [0.25, 0.3) is 0 Å². The highest BCUT2D eigenvalue weighted by atomic mass is 16.5. The Labute approximate surface area is 97.8 Å². The molecule has 0 amide bonds. The van der Waals surface area contributed by atoms with Crippen molar-refractivity contribution in [3.63, 3.8) is 0 Å². The van der Waals surface area contributed by atoms with Crippen molar-refractivity contribution < 1.29 is 4.74 Å². The molecule has 2 N–H and O–H groups in total. The quantitative estimate of drug-likeness (QED) is 0.844. The lowest BCUT2D eigenvalue weighted by atomic mass is 9.84. The van der Waals surface area contributed by atoms with Crippen molar-refractivity contribution in [2.24, 2.45) is 5.73 Å². The Bertz CT molecular complexity index is 360. The molecule has 16 heavy (non-hydrogen) atoms. The average Bonchev–Trinajstić information content (AvgIpc) is 2.61. The third-order valence-corrected chi connectivity index (χ3v) is 3.33. The van der Waals surface area contributed by atoms with Crippen LogP contribution in [0.15, 0.2) is 24.3 Å². The summed E-state index contributed by atoms with van der Waals surface area (Å²) in [5.74, 6) is 1.51. The van der Waals surface area contributed by atoms with Crippen molar-refractivity contribution in [2.45, 2.75) is 44.6 Å². The van der Waals surface area contributed by atoms with Crippen LogP contribution in [0, 0.1) is 0 Å². The van der Waals surface area contributed by atoms with E-state index >= 15 is 0 Å². The van der Waals surface area contributed by atoms with Gasteiger partial charge in [0.15, 0.2) is 0 Å². The Morgan fingerprint density at radius 3 is 2.94 bits per heavy atom. The molecule has 0 fully saturated rings. The van der Waals surface area contributed by atoms with Gasteiger partial charge in [0.1, 0.15) is 5.75 Å². The van der Waals surface area contributed by atoms with Gasteiger partial charge in [-0.05, 0) is 25.8 Å². The zero-order valence-corrected chi connectivity index (χ0v) is 10.2. The molecule has 1 aliphatic rings. The van der Waals surface area contributed by atoms with Gasteiger partial charge in [-0.1, -0.05) is 31.5 Å². The largest absolute Gasteiger partial charge is 0.493 e. The number of hydrogen-bond acceptors (Lipinski definition) is 2. The molecule has 1 heterocycles. The lowest BCUT2D eigenvalue weighted by molar-refractivity contribution is 0.288. The molecular weight excluding hydrogens is 198 g/mol. The summed E-state index contributed by atoms with van der Waals surface area (Å²) in [5, 5.41) is 0. The van der Waals surface area contributed by atoms with E-state index in [1.165, 1.54) is 5.56 Å². The summed E-state index contributed by atoms with van der Waals surface area (Å²) in [7, 11) is 0. The van der Waals surface area contributed by atoms with Crippen molar-refractivity contribution in [3.05, 3.63) is 29.8 Å². The Morgan fingerprint density at radius 1 is 1.44 bits per heavy atom. The first kappa shape index (κ1) is 11.5. The molecule has 1 aliphatic heterocycles. The molecule has 0 saturated carbocycles. The molecule has 1 aromatic carbocycles. The Morgan fingerprint density at radius 2 is 2.19 bits per heavy atom. The van der Waals surface area contributed by atoms with E-state index in [2.05, 4.69) is 26.0 Å². The Balaban J connectivity index is 2.08. The number of para-hydroxylation sites is 1. The van der Waals surface area contributed by atoms with E-state index in [4.69, 9.17) is 10.5 Å². The fourth-order valence-corrected chi connectivity index (χ4v) is 2.63. The topological polar surface area (TPSA) is 35.2 Å². The second-order valence-corrected chi connectivity index (χ2v) is 5.15. The molecule has 2 atom stereocenters. The second kappa shape index (κ2) is 4.46. The monoisotopic (exact) mass is 219 g/mol. The van der Waals surface area contributed by atoms with Gasteiger partial charge in [-0.3, -0.25) is 0 Å². The van der Waals surface area contributed by atoms with Crippen LogP contribution in [0.4, 0.5) is 0 Å². The van der Waals surface area contributed by atoms with Crippen LogP contribution in [-0.2, 0) is 0 Å². The van der Waals surface area contributed by atoms with Gasteiger partial charge >= 0.3 is 0 Å². The standard InChI is InChI=1S/C14H21NO/c1-3-8-14(2,15)9-11-10-16-13-7-5-4-6-12(11)13/h4-7,11H,3,8-10,15H2,1-2H3. The average molecular weight is 219 g/mol. The maximum atomic E-state index is 6.31. The van der Waals surface area contributed by atoms with Gasteiger partial charge in [0.05, 0.1) is 6.61 Å². The van der Waals surface area contributed by atoms with Crippen LogP contribution >= 0.6 is 0 Å². The Kier molecular flexibility index (Phi) is 3.20. The molecule has 2 nitrogen and oxygen atoms in total. The summed E-state index contributed by atoms with van der Waals surface area (Å²) in [5.41, 5.74) is 7.57. The summed E-state index contributed by atoms with van der Waals surface area (Å²) >= 11 is 0. The van der Waals surface area contributed by atoms with Crippen molar-refractivity contribution in [1.29, 1.82) is 0 Å². The van der Waals surface area contributed by atoms with Gasteiger partial charge in [-0.15, -0.1) is 0 Å². The van der Waals surface area contributed by atoms with Crippen molar-refractivity contribution in [2.75, 3.05) is 6.61 Å². The molecule has 2 heteroatoms. The summed E-state index contributed by atoms with van der Waals surface area (Å²) in [6.45, 7) is 5.12. The van der Waals surface area contributed by atoms with E-state index in [9.17, 15) is 0 Å². The van der Waals surface area contributed by atoms with Crippen LogP contribution in [0.5, 0.6) is 5.75 Å². The van der Waals surface area contributed by atoms with Gasteiger partial charge in [0, 0.05) is 17.0 Å². The lowest BCUT2D eigenvalue weighted by Gasteiger charge is -2.27. The predicted octanol–water partition coefficient (Wildman–Crippen LogP) is 3.07. The molecule has 0 radical (unpaired) electrons. The summed E-state index contributed by atoms with van der Waals surface area (Å²) in [6.07, 6.45) is 3.23. The van der Waals surface area contributed by atoms with E-state index < -0.39 is 0 Å².